The van der Waals surface area contributed by atoms with Gasteiger partial charge in [-0.1, -0.05) is 22.9 Å². The van der Waals surface area contributed by atoms with Crippen molar-refractivity contribution in [2.24, 2.45) is 0 Å². The second kappa shape index (κ2) is 9.33. The van der Waals surface area contributed by atoms with Crippen molar-refractivity contribution in [3.05, 3.63) is 75.8 Å². The second-order valence-electron chi connectivity index (χ2n) is 6.84. The number of methoxy groups -OCH3 is 1. The molecule has 0 bridgehead atoms. The highest BCUT2D eigenvalue weighted by Gasteiger charge is 2.23. The molecule has 0 saturated heterocycles. The minimum Gasteiger partial charge on any atom is -0.494 e. The number of aromatic nitrogens is 3. The number of amides is 1. The molecule has 0 aliphatic heterocycles. The molecule has 0 atom stereocenters. The maximum Gasteiger partial charge on any atom is 0.269 e. The number of carbonyl (C=O) groups excluding carboxylic acids is 1. The molecule has 0 radical (unpaired) electrons. The summed E-state index contributed by atoms with van der Waals surface area (Å²) in [5.41, 5.74) is 0.830. The number of nitro benzene ring substituents is 1. The van der Waals surface area contributed by atoms with Gasteiger partial charge >= 0.3 is 0 Å². The monoisotopic (exact) mass is 471 g/mol. The molecular formula is C21H18ClN5O4S. The van der Waals surface area contributed by atoms with Crippen molar-refractivity contribution < 1.29 is 14.5 Å². The van der Waals surface area contributed by atoms with Gasteiger partial charge in [-0.2, -0.15) is 0 Å². The highest BCUT2D eigenvalue weighted by molar-refractivity contribution is 7.23. The first kappa shape index (κ1) is 21.7. The molecule has 2 aromatic heterocycles. The summed E-state index contributed by atoms with van der Waals surface area (Å²) in [6.45, 7) is 1.05. The summed E-state index contributed by atoms with van der Waals surface area (Å²) in [5.74, 6) is 0.257. The van der Waals surface area contributed by atoms with E-state index in [2.05, 4.69) is 9.97 Å². The van der Waals surface area contributed by atoms with Crippen LogP contribution in [0.4, 0.5) is 10.8 Å². The normalized spacial score (nSPS) is 10.9. The van der Waals surface area contributed by atoms with E-state index in [1.54, 1.807) is 36.7 Å². The van der Waals surface area contributed by atoms with Gasteiger partial charge in [0.15, 0.2) is 5.13 Å². The Morgan fingerprint density at radius 2 is 2.06 bits per heavy atom. The van der Waals surface area contributed by atoms with Gasteiger partial charge in [-0.3, -0.25) is 19.8 Å². The minimum atomic E-state index is -0.501. The largest absolute Gasteiger partial charge is 0.494 e. The van der Waals surface area contributed by atoms with Gasteiger partial charge in [0, 0.05) is 43.2 Å². The number of nitrogens with zero attached hydrogens (tertiary/aromatic N) is 5. The van der Waals surface area contributed by atoms with Crippen LogP contribution in [0.15, 0.2) is 55.1 Å². The summed E-state index contributed by atoms with van der Waals surface area (Å²) < 4.78 is 8.04. The van der Waals surface area contributed by atoms with Crippen LogP contribution in [0.3, 0.4) is 0 Å². The van der Waals surface area contributed by atoms with Crippen LogP contribution in [-0.2, 0) is 6.54 Å². The van der Waals surface area contributed by atoms with E-state index in [0.717, 1.165) is 4.70 Å². The Morgan fingerprint density at radius 1 is 1.28 bits per heavy atom. The highest BCUT2D eigenvalue weighted by Crippen LogP contribution is 2.39. The predicted octanol–water partition coefficient (Wildman–Crippen LogP) is 4.80. The van der Waals surface area contributed by atoms with Crippen LogP contribution in [0.1, 0.15) is 16.8 Å². The molecule has 0 aliphatic rings. The van der Waals surface area contributed by atoms with Crippen molar-refractivity contribution in [1.82, 2.24) is 14.5 Å². The third-order valence-corrected chi connectivity index (χ3v) is 6.36. The number of halogens is 1. The first-order valence-corrected chi connectivity index (χ1v) is 10.8. The van der Waals surface area contributed by atoms with Gasteiger partial charge < -0.3 is 9.30 Å². The van der Waals surface area contributed by atoms with Gasteiger partial charge in [-0.25, -0.2) is 9.97 Å². The third-order valence-electron chi connectivity index (χ3n) is 4.83. The molecule has 2 heterocycles. The third kappa shape index (κ3) is 4.41. The van der Waals surface area contributed by atoms with Crippen molar-refractivity contribution in [2.75, 3.05) is 18.6 Å². The Labute approximate surface area is 192 Å². The average Bonchev–Trinajstić information content (AvgIpc) is 3.47. The minimum absolute atomic E-state index is 0.0790. The molecule has 32 heavy (non-hydrogen) atoms. The van der Waals surface area contributed by atoms with Crippen LogP contribution in [0.2, 0.25) is 5.02 Å². The molecule has 4 aromatic rings. The molecule has 0 aliphatic carbocycles. The Morgan fingerprint density at radius 3 is 2.72 bits per heavy atom. The van der Waals surface area contributed by atoms with Crippen molar-refractivity contribution in [2.45, 2.75) is 13.0 Å². The van der Waals surface area contributed by atoms with Gasteiger partial charge in [0.2, 0.25) is 0 Å². The summed E-state index contributed by atoms with van der Waals surface area (Å²) in [5, 5.41) is 11.9. The maximum atomic E-state index is 13.4. The summed E-state index contributed by atoms with van der Waals surface area (Å²) in [6, 6.07) is 8.99. The Bertz CT molecular complexity index is 1260. The molecular weight excluding hydrogens is 454 g/mol. The number of thiazole rings is 1. The number of ether oxygens (including phenoxy) is 1. The first-order chi connectivity index (χ1) is 15.5. The smallest absolute Gasteiger partial charge is 0.269 e. The topological polar surface area (TPSA) is 103 Å². The molecule has 0 spiro atoms. The number of anilines is 1. The van der Waals surface area contributed by atoms with Crippen LogP contribution in [-0.4, -0.2) is 39.0 Å². The van der Waals surface area contributed by atoms with E-state index in [9.17, 15) is 14.9 Å². The number of rotatable bonds is 8. The van der Waals surface area contributed by atoms with Crippen LogP contribution in [0.25, 0.3) is 10.2 Å². The Kier molecular flexibility index (Phi) is 6.33. The van der Waals surface area contributed by atoms with Crippen molar-refractivity contribution in [1.29, 1.82) is 0 Å². The fourth-order valence-electron chi connectivity index (χ4n) is 3.22. The van der Waals surface area contributed by atoms with E-state index in [4.69, 9.17) is 16.3 Å². The molecule has 0 fully saturated rings. The zero-order chi connectivity index (χ0) is 22.7. The van der Waals surface area contributed by atoms with Crippen LogP contribution in [0, 0.1) is 10.1 Å². The molecule has 4 rings (SSSR count). The lowest BCUT2D eigenvalue weighted by Gasteiger charge is -2.20. The van der Waals surface area contributed by atoms with Crippen LogP contribution >= 0.6 is 22.9 Å². The molecule has 164 valence electrons. The van der Waals surface area contributed by atoms with Crippen molar-refractivity contribution in [3.63, 3.8) is 0 Å². The summed E-state index contributed by atoms with van der Waals surface area (Å²) >= 11 is 7.65. The fourth-order valence-corrected chi connectivity index (χ4v) is 4.50. The first-order valence-electron chi connectivity index (χ1n) is 9.63. The predicted molar refractivity (Wildman–Crippen MR) is 123 cm³/mol. The number of hydrogen-bond acceptors (Lipinski definition) is 7. The zero-order valence-electron chi connectivity index (χ0n) is 17.0. The van der Waals surface area contributed by atoms with Crippen molar-refractivity contribution in [3.8, 4) is 5.75 Å². The van der Waals surface area contributed by atoms with Crippen LogP contribution in [0.5, 0.6) is 5.75 Å². The van der Waals surface area contributed by atoms with Gasteiger partial charge in [0.25, 0.3) is 11.6 Å². The zero-order valence-corrected chi connectivity index (χ0v) is 18.5. The van der Waals surface area contributed by atoms with Gasteiger partial charge in [-0.05, 0) is 30.7 Å². The van der Waals surface area contributed by atoms with Gasteiger partial charge in [0.05, 0.1) is 28.1 Å². The highest BCUT2D eigenvalue weighted by atomic mass is 35.5. The second-order valence-corrected chi connectivity index (χ2v) is 8.22. The SMILES string of the molecule is COc1ccc(Cl)c2sc(N(CCCn3ccnc3)C(=O)c3ccc([N+](=O)[O-])cc3)nc12. The molecule has 0 unspecified atom stereocenters. The number of nitro groups is 1. The summed E-state index contributed by atoms with van der Waals surface area (Å²) in [7, 11) is 1.55. The summed E-state index contributed by atoms with van der Waals surface area (Å²) in [4.78, 5) is 34.1. The quantitative estimate of drug-likeness (QED) is 0.270. The number of non-ortho nitro benzene ring substituents is 1. The lowest BCUT2D eigenvalue weighted by molar-refractivity contribution is -0.384. The van der Waals surface area contributed by atoms with E-state index in [-0.39, 0.29) is 11.6 Å². The van der Waals surface area contributed by atoms with Crippen molar-refractivity contribution >= 4 is 49.9 Å². The molecule has 9 nitrogen and oxygen atoms in total. The van der Waals surface area contributed by atoms with Gasteiger partial charge in [-0.15, -0.1) is 0 Å². The van der Waals surface area contributed by atoms with E-state index < -0.39 is 4.92 Å². The molecule has 0 saturated carbocycles. The maximum absolute atomic E-state index is 13.4. The number of hydrogen-bond donors (Lipinski definition) is 0. The number of imidazole rings is 1. The molecule has 11 heteroatoms. The molecule has 0 N–H and O–H groups in total. The fraction of sp³-hybridized carbons (Fsp3) is 0.190. The number of benzene rings is 2. The molecule has 1 amide bonds. The summed E-state index contributed by atoms with van der Waals surface area (Å²) in [6.07, 6.45) is 5.91. The number of carbonyl (C=O) groups is 1. The number of fused-ring (bicyclic) bond motifs is 1. The van der Waals surface area contributed by atoms with Gasteiger partial charge in [0.1, 0.15) is 11.3 Å². The average molecular weight is 472 g/mol. The van der Waals surface area contributed by atoms with E-state index in [1.807, 2.05) is 10.8 Å². The lowest BCUT2D eigenvalue weighted by atomic mass is 10.2. The van der Waals surface area contributed by atoms with E-state index in [1.165, 1.54) is 35.6 Å². The van der Waals surface area contributed by atoms with E-state index in [0.29, 0.717) is 46.5 Å². The Balaban J connectivity index is 1.68. The standard InChI is InChI=1S/C21H18ClN5O4S/c1-31-17-8-7-16(22)19-18(17)24-21(32-19)26(11-2-10-25-12-9-23-13-25)20(28)14-3-5-15(6-4-14)27(29)30/h3-9,12-13H,2,10-11H2,1H3. The Hall–Kier alpha value is -3.50. The molecule has 2 aromatic carbocycles. The van der Waals surface area contributed by atoms with Crippen LogP contribution < -0.4 is 9.64 Å². The van der Waals surface area contributed by atoms with E-state index >= 15 is 0 Å². The lowest BCUT2D eigenvalue weighted by Crippen LogP contribution is -2.32. The number of aryl methyl sites for hydroxylation is 1.